The van der Waals surface area contributed by atoms with Gasteiger partial charge in [-0.25, -0.2) is 4.39 Å². The lowest BCUT2D eigenvalue weighted by Gasteiger charge is -2.19. The van der Waals surface area contributed by atoms with Gasteiger partial charge < -0.3 is 5.73 Å². The predicted octanol–water partition coefficient (Wildman–Crippen LogP) is 3.26. The van der Waals surface area contributed by atoms with Crippen LogP contribution in [0.5, 0.6) is 0 Å². The molecule has 0 aromatic heterocycles. The average molecular weight is 223 g/mol. The first-order valence-electron chi connectivity index (χ1n) is 5.71. The maximum atomic E-state index is 13.5. The molecule has 1 aromatic rings. The second-order valence-electron chi connectivity index (χ2n) is 5.88. The van der Waals surface area contributed by atoms with Gasteiger partial charge in [-0.1, -0.05) is 24.3 Å². The fourth-order valence-corrected chi connectivity index (χ4v) is 1.86. The van der Waals surface area contributed by atoms with Crippen molar-refractivity contribution in [1.82, 2.24) is 0 Å². The number of hydrogen-bond donors (Lipinski definition) is 1. The highest BCUT2D eigenvalue weighted by Gasteiger charge is 2.17. The lowest BCUT2D eigenvalue weighted by Crippen LogP contribution is -2.34. The highest BCUT2D eigenvalue weighted by molar-refractivity contribution is 5.25. The minimum absolute atomic E-state index is 0.218. The average Bonchev–Trinajstić information content (AvgIpc) is 1.96. The standard InChI is InChI=1S/C14H22FN/c1-13(2,15)9-11-6-5-7-12(8-11)10-14(3,4)16/h5-8H,9-10,16H2,1-4H3. The van der Waals surface area contributed by atoms with Crippen molar-refractivity contribution in [3.63, 3.8) is 0 Å². The Bertz CT molecular complexity index is 313. The Labute approximate surface area is 97.9 Å². The summed E-state index contributed by atoms with van der Waals surface area (Å²) in [5.74, 6) is 0. The molecule has 0 aliphatic rings. The Kier molecular flexibility index (Phi) is 3.74. The van der Waals surface area contributed by atoms with Crippen LogP contribution in [0.3, 0.4) is 0 Å². The summed E-state index contributed by atoms with van der Waals surface area (Å²) in [6.07, 6.45) is 1.26. The van der Waals surface area contributed by atoms with Crippen molar-refractivity contribution in [2.24, 2.45) is 5.73 Å². The summed E-state index contributed by atoms with van der Waals surface area (Å²) in [4.78, 5) is 0. The van der Waals surface area contributed by atoms with E-state index in [1.165, 1.54) is 5.56 Å². The highest BCUT2D eigenvalue weighted by Crippen LogP contribution is 2.19. The fraction of sp³-hybridized carbons (Fsp3) is 0.571. The molecule has 0 aliphatic carbocycles. The van der Waals surface area contributed by atoms with E-state index in [1.54, 1.807) is 13.8 Å². The maximum Gasteiger partial charge on any atom is 0.109 e. The summed E-state index contributed by atoms with van der Waals surface area (Å²) < 4.78 is 13.5. The van der Waals surface area contributed by atoms with Gasteiger partial charge in [-0.15, -0.1) is 0 Å². The van der Waals surface area contributed by atoms with E-state index in [2.05, 4.69) is 6.07 Å². The molecule has 90 valence electrons. The van der Waals surface area contributed by atoms with Crippen LogP contribution in [0, 0.1) is 0 Å². The summed E-state index contributed by atoms with van der Waals surface area (Å²) in [7, 11) is 0. The Morgan fingerprint density at radius 2 is 1.56 bits per heavy atom. The van der Waals surface area contributed by atoms with Crippen molar-refractivity contribution in [2.45, 2.75) is 51.7 Å². The molecule has 1 aromatic carbocycles. The smallest absolute Gasteiger partial charge is 0.109 e. The van der Waals surface area contributed by atoms with E-state index in [4.69, 9.17) is 5.73 Å². The van der Waals surface area contributed by atoms with Crippen LogP contribution in [0.4, 0.5) is 4.39 Å². The molecule has 0 fully saturated rings. The second kappa shape index (κ2) is 4.54. The SMILES string of the molecule is CC(C)(N)Cc1cccc(CC(C)(C)F)c1. The van der Waals surface area contributed by atoms with Gasteiger partial charge in [0, 0.05) is 12.0 Å². The second-order valence-corrected chi connectivity index (χ2v) is 5.88. The topological polar surface area (TPSA) is 26.0 Å². The van der Waals surface area contributed by atoms with Gasteiger partial charge in [0.2, 0.25) is 0 Å². The van der Waals surface area contributed by atoms with Gasteiger partial charge in [0.05, 0.1) is 0 Å². The number of nitrogens with two attached hydrogens (primary N) is 1. The van der Waals surface area contributed by atoms with Crippen LogP contribution in [0.15, 0.2) is 24.3 Å². The van der Waals surface area contributed by atoms with Crippen molar-refractivity contribution in [3.05, 3.63) is 35.4 Å². The molecule has 2 heteroatoms. The molecule has 0 bridgehead atoms. The zero-order chi connectivity index (χ0) is 12.4. The van der Waals surface area contributed by atoms with Crippen LogP contribution in [0.1, 0.15) is 38.8 Å². The Balaban J connectivity index is 2.79. The molecule has 0 saturated carbocycles. The van der Waals surface area contributed by atoms with Crippen molar-refractivity contribution in [2.75, 3.05) is 0 Å². The zero-order valence-electron chi connectivity index (χ0n) is 10.7. The molecule has 0 unspecified atom stereocenters. The van der Waals surface area contributed by atoms with E-state index >= 15 is 0 Å². The van der Waals surface area contributed by atoms with Crippen LogP contribution in [-0.2, 0) is 12.8 Å². The lowest BCUT2D eigenvalue weighted by molar-refractivity contribution is 0.217. The van der Waals surface area contributed by atoms with Crippen molar-refractivity contribution >= 4 is 0 Å². The molecule has 0 spiro atoms. The van der Waals surface area contributed by atoms with Gasteiger partial charge in [-0.05, 0) is 45.2 Å². The molecule has 1 nitrogen and oxygen atoms in total. The Hall–Kier alpha value is -0.890. The third kappa shape index (κ3) is 5.26. The molecule has 1 rings (SSSR count). The number of alkyl halides is 1. The van der Waals surface area contributed by atoms with Crippen LogP contribution in [0.2, 0.25) is 0 Å². The molecular formula is C14H22FN. The number of hydrogen-bond acceptors (Lipinski definition) is 1. The van der Waals surface area contributed by atoms with Crippen molar-refractivity contribution < 1.29 is 4.39 Å². The number of benzene rings is 1. The summed E-state index contributed by atoms with van der Waals surface area (Å²) in [5, 5.41) is 0. The quantitative estimate of drug-likeness (QED) is 0.833. The van der Waals surface area contributed by atoms with E-state index in [-0.39, 0.29) is 5.54 Å². The first-order chi connectivity index (χ1) is 7.16. The first kappa shape index (κ1) is 13.2. The molecule has 16 heavy (non-hydrogen) atoms. The zero-order valence-corrected chi connectivity index (χ0v) is 10.7. The highest BCUT2D eigenvalue weighted by atomic mass is 19.1. The van der Waals surface area contributed by atoms with E-state index < -0.39 is 5.67 Å². The summed E-state index contributed by atoms with van der Waals surface area (Å²) in [6.45, 7) is 7.20. The third-order valence-electron chi connectivity index (χ3n) is 2.28. The van der Waals surface area contributed by atoms with E-state index in [1.807, 2.05) is 32.0 Å². The summed E-state index contributed by atoms with van der Waals surface area (Å²) in [5.41, 5.74) is 6.81. The molecule has 0 saturated heterocycles. The minimum Gasteiger partial charge on any atom is -0.325 e. The number of halogens is 1. The molecule has 0 amide bonds. The van der Waals surface area contributed by atoms with Crippen LogP contribution in [0.25, 0.3) is 0 Å². The van der Waals surface area contributed by atoms with Gasteiger partial charge >= 0.3 is 0 Å². The molecular weight excluding hydrogens is 201 g/mol. The van der Waals surface area contributed by atoms with Gasteiger partial charge in [0.1, 0.15) is 5.67 Å². The molecule has 0 aliphatic heterocycles. The van der Waals surface area contributed by atoms with Crippen molar-refractivity contribution in [3.8, 4) is 0 Å². The van der Waals surface area contributed by atoms with Gasteiger partial charge in [-0.2, -0.15) is 0 Å². The van der Waals surface area contributed by atoms with E-state index in [9.17, 15) is 4.39 Å². The summed E-state index contributed by atoms with van der Waals surface area (Å²) >= 11 is 0. The lowest BCUT2D eigenvalue weighted by atomic mass is 9.93. The molecule has 0 heterocycles. The van der Waals surface area contributed by atoms with Gasteiger partial charge in [-0.3, -0.25) is 0 Å². The largest absolute Gasteiger partial charge is 0.325 e. The van der Waals surface area contributed by atoms with Crippen LogP contribution in [-0.4, -0.2) is 11.2 Å². The van der Waals surface area contributed by atoms with Crippen LogP contribution >= 0.6 is 0 Å². The monoisotopic (exact) mass is 223 g/mol. The minimum atomic E-state index is -1.16. The van der Waals surface area contributed by atoms with Gasteiger partial charge in [0.25, 0.3) is 0 Å². The van der Waals surface area contributed by atoms with Crippen molar-refractivity contribution in [1.29, 1.82) is 0 Å². The third-order valence-corrected chi connectivity index (χ3v) is 2.28. The van der Waals surface area contributed by atoms with Crippen LogP contribution < -0.4 is 5.73 Å². The number of rotatable bonds is 4. The first-order valence-corrected chi connectivity index (χ1v) is 5.71. The Morgan fingerprint density at radius 3 is 2.00 bits per heavy atom. The summed E-state index contributed by atoms with van der Waals surface area (Å²) in [6, 6.07) is 8.04. The molecule has 0 atom stereocenters. The molecule has 2 N–H and O–H groups in total. The molecule has 0 radical (unpaired) electrons. The predicted molar refractivity (Wildman–Crippen MR) is 67.3 cm³/mol. The maximum absolute atomic E-state index is 13.5. The van der Waals surface area contributed by atoms with Gasteiger partial charge in [0.15, 0.2) is 0 Å². The Morgan fingerprint density at radius 1 is 1.06 bits per heavy atom. The normalized spacial score (nSPS) is 12.9. The fourth-order valence-electron chi connectivity index (χ4n) is 1.86. The van der Waals surface area contributed by atoms with E-state index in [0.717, 1.165) is 12.0 Å². The van der Waals surface area contributed by atoms with E-state index in [0.29, 0.717) is 6.42 Å².